The number of nitrogens with one attached hydrogen (secondary N) is 1. The first-order valence-electron chi connectivity index (χ1n) is 7.80. The van der Waals surface area contributed by atoms with Crippen molar-refractivity contribution < 1.29 is 9.90 Å². The van der Waals surface area contributed by atoms with E-state index in [9.17, 15) is 4.79 Å². The number of likely N-dealkylation sites (tertiary alicyclic amines) is 1. The molecular formula is C16H25N3O2. The maximum atomic E-state index is 10.7. The molecule has 1 aliphatic rings. The molecule has 1 atom stereocenters. The topological polar surface area (TPSA) is 65.5 Å². The smallest absolute Gasteiger partial charge is 0.337 e. The van der Waals surface area contributed by atoms with Crippen LogP contribution in [-0.2, 0) is 6.54 Å². The van der Waals surface area contributed by atoms with Crippen LogP contribution in [-0.4, -0.2) is 46.6 Å². The van der Waals surface area contributed by atoms with E-state index in [2.05, 4.69) is 22.1 Å². The fourth-order valence-corrected chi connectivity index (χ4v) is 2.77. The Balaban J connectivity index is 1.62. The Bertz CT molecular complexity index is 447. The van der Waals surface area contributed by atoms with Gasteiger partial charge in [0.15, 0.2) is 0 Å². The molecular weight excluding hydrogens is 266 g/mol. The van der Waals surface area contributed by atoms with Crippen molar-refractivity contribution in [2.75, 3.05) is 19.6 Å². The van der Waals surface area contributed by atoms with Crippen molar-refractivity contribution in [3.8, 4) is 0 Å². The number of aromatic carboxylic acids is 1. The van der Waals surface area contributed by atoms with E-state index in [-0.39, 0.29) is 5.56 Å². The van der Waals surface area contributed by atoms with E-state index in [1.165, 1.54) is 32.0 Å². The van der Waals surface area contributed by atoms with Crippen LogP contribution in [0.5, 0.6) is 0 Å². The van der Waals surface area contributed by atoms with E-state index >= 15 is 0 Å². The third-order valence-electron chi connectivity index (χ3n) is 4.12. The second-order valence-corrected chi connectivity index (χ2v) is 5.75. The van der Waals surface area contributed by atoms with Crippen molar-refractivity contribution in [2.24, 2.45) is 0 Å². The second kappa shape index (κ2) is 8.10. The fraction of sp³-hybridized carbons (Fsp3) is 0.625. The highest BCUT2D eigenvalue weighted by Crippen LogP contribution is 2.16. The van der Waals surface area contributed by atoms with E-state index in [0.717, 1.165) is 31.2 Å². The number of nitrogens with zero attached hydrogens (tertiary/aromatic N) is 2. The molecule has 1 aliphatic heterocycles. The summed E-state index contributed by atoms with van der Waals surface area (Å²) in [6, 6.07) is 4.09. The molecule has 0 amide bonds. The number of carbonyl (C=O) groups is 1. The molecule has 5 heteroatoms. The van der Waals surface area contributed by atoms with Gasteiger partial charge in [0.2, 0.25) is 0 Å². The number of rotatable bonds is 7. The molecule has 0 radical (unpaired) electrons. The van der Waals surface area contributed by atoms with E-state index in [1.807, 2.05) is 0 Å². The molecule has 1 fully saturated rings. The predicted molar refractivity (Wildman–Crippen MR) is 82.4 cm³/mol. The Kier molecular flexibility index (Phi) is 6.14. The Morgan fingerprint density at radius 3 is 3.00 bits per heavy atom. The molecule has 1 saturated heterocycles. The monoisotopic (exact) mass is 291 g/mol. The molecule has 2 N–H and O–H groups in total. The lowest BCUT2D eigenvalue weighted by Gasteiger charge is -2.33. The van der Waals surface area contributed by atoms with E-state index in [4.69, 9.17) is 5.11 Å². The Morgan fingerprint density at radius 2 is 2.33 bits per heavy atom. The summed E-state index contributed by atoms with van der Waals surface area (Å²) in [4.78, 5) is 17.4. The molecule has 21 heavy (non-hydrogen) atoms. The van der Waals surface area contributed by atoms with Gasteiger partial charge >= 0.3 is 5.97 Å². The summed E-state index contributed by atoms with van der Waals surface area (Å²) in [5, 5.41) is 12.2. The molecule has 1 aromatic heterocycles. The van der Waals surface area contributed by atoms with Gasteiger partial charge in [-0.3, -0.25) is 4.98 Å². The predicted octanol–water partition coefficient (Wildman–Crippen LogP) is 2.13. The van der Waals surface area contributed by atoms with E-state index < -0.39 is 5.97 Å². The number of carboxylic acids is 1. The number of hydrogen-bond donors (Lipinski definition) is 2. The van der Waals surface area contributed by atoms with Crippen LogP contribution in [0, 0.1) is 0 Å². The van der Waals surface area contributed by atoms with Gasteiger partial charge in [0.1, 0.15) is 0 Å². The van der Waals surface area contributed by atoms with E-state index in [1.54, 1.807) is 12.1 Å². The zero-order chi connectivity index (χ0) is 15.1. The zero-order valence-electron chi connectivity index (χ0n) is 12.7. The van der Waals surface area contributed by atoms with Crippen LogP contribution in [0.25, 0.3) is 0 Å². The molecule has 5 nitrogen and oxygen atoms in total. The highest BCUT2D eigenvalue weighted by atomic mass is 16.4. The first-order chi connectivity index (χ1) is 10.2. The van der Waals surface area contributed by atoms with Gasteiger partial charge in [0.05, 0.1) is 11.3 Å². The van der Waals surface area contributed by atoms with Gasteiger partial charge in [-0.25, -0.2) is 4.79 Å². The third kappa shape index (κ3) is 5.10. The maximum Gasteiger partial charge on any atom is 0.337 e. The Hall–Kier alpha value is -1.46. The van der Waals surface area contributed by atoms with Crippen LogP contribution < -0.4 is 5.32 Å². The molecule has 2 rings (SSSR count). The molecule has 0 spiro atoms. The fourth-order valence-electron chi connectivity index (χ4n) is 2.77. The van der Waals surface area contributed by atoms with Crippen LogP contribution in [0.1, 0.15) is 48.7 Å². The number of hydrogen-bond acceptors (Lipinski definition) is 4. The minimum atomic E-state index is -0.933. The minimum absolute atomic E-state index is 0.234. The lowest BCUT2D eigenvalue weighted by Crippen LogP contribution is -2.38. The van der Waals surface area contributed by atoms with Crippen molar-refractivity contribution in [3.63, 3.8) is 0 Å². The molecule has 116 valence electrons. The lowest BCUT2D eigenvalue weighted by molar-refractivity contribution is 0.0696. The molecule has 0 bridgehead atoms. The van der Waals surface area contributed by atoms with E-state index in [0.29, 0.717) is 6.54 Å². The normalized spacial score (nSPS) is 19.6. The van der Waals surface area contributed by atoms with Crippen molar-refractivity contribution in [3.05, 3.63) is 29.6 Å². The Morgan fingerprint density at radius 1 is 1.48 bits per heavy atom. The molecule has 1 unspecified atom stereocenters. The highest BCUT2D eigenvalue weighted by Gasteiger charge is 2.16. The summed E-state index contributed by atoms with van der Waals surface area (Å²) in [5.41, 5.74) is 1.11. The SMILES string of the molecule is CC1CCCCN1CCCNCc1ccc(C(=O)O)cn1. The largest absolute Gasteiger partial charge is 0.478 e. The summed E-state index contributed by atoms with van der Waals surface area (Å²) < 4.78 is 0. The minimum Gasteiger partial charge on any atom is -0.478 e. The average Bonchev–Trinajstić information content (AvgIpc) is 2.49. The van der Waals surface area contributed by atoms with Gasteiger partial charge in [0.25, 0.3) is 0 Å². The van der Waals surface area contributed by atoms with Crippen LogP contribution in [0.3, 0.4) is 0 Å². The molecule has 0 saturated carbocycles. The van der Waals surface area contributed by atoms with Crippen molar-refractivity contribution >= 4 is 5.97 Å². The Labute approximate surface area is 126 Å². The summed E-state index contributed by atoms with van der Waals surface area (Å²) in [6.45, 7) is 6.36. The number of aromatic nitrogens is 1. The number of piperidine rings is 1. The first kappa shape index (κ1) is 15.9. The molecule has 0 aromatic carbocycles. The maximum absolute atomic E-state index is 10.7. The molecule has 2 heterocycles. The third-order valence-corrected chi connectivity index (χ3v) is 4.12. The quantitative estimate of drug-likeness (QED) is 0.753. The van der Waals surface area contributed by atoms with Gasteiger partial charge in [0, 0.05) is 18.8 Å². The van der Waals surface area contributed by atoms with Gasteiger partial charge in [-0.2, -0.15) is 0 Å². The van der Waals surface area contributed by atoms with Gasteiger partial charge in [-0.1, -0.05) is 6.42 Å². The summed E-state index contributed by atoms with van der Waals surface area (Å²) in [7, 11) is 0. The summed E-state index contributed by atoms with van der Waals surface area (Å²) in [6.07, 6.45) is 6.57. The number of pyridine rings is 1. The van der Waals surface area contributed by atoms with Crippen LogP contribution >= 0.6 is 0 Å². The summed E-state index contributed by atoms with van der Waals surface area (Å²) in [5.74, 6) is -0.933. The van der Waals surface area contributed by atoms with Crippen molar-refractivity contribution in [1.29, 1.82) is 0 Å². The first-order valence-corrected chi connectivity index (χ1v) is 7.80. The van der Waals surface area contributed by atoms with Crippen LogP contribution in [0.15, 0.2) is 18.3 Å². The highest BCUT2D eigenvalue weighted by molar-refractivity contribution is 5.87. The second-order valence-electron chi connectivity index (χ2n) is 5.75. The van der Waals surface area contributed by atoms with Crippen molar-refractivity contribution in [1.82, 2.24) is 15.2 Å². The number of carboxylic acid groups (broad SMARTS) is 1. The molecule has 1 aromatic rings. The van der Waals surface area contributed by atoms with Gasteiger partial charge in [-0.15, -0.1) is 0 Å². The molecule has 0 aliphatic carbocycles. The average molecular weight is 291 g/mol. The zero-order valence-corrected chi connectivity index (χ0v) is 12.7. The standard InChI is InChI=1S/C16H25N3O2/c1-13-5-2-3-9-19(13)10-4-8-17-12-15-7-6-14(11-18-15)16(20)21/h6-7,11,13,17H,2-5,8-10,12H2,1H3,(H,20,21). The van der Waals surface area contributed by atoms with Gasteiger partial charge in [-0.05, 0) is 58.0 Å². The van der Waals surface area contributed by atoms with Crippen LogP contribution in [0.4, 0.5) is 0 Å². The summed E-state index contributed by atoms with van der Waals surface area (Å²) >= 11 is 0. The lowest BCUT2D eigenvalue weighted by atomic mass is 10.0. The van der Waals surface area contributed by atoms with Crippen LogP contribution in [0.2, 0.25) is 0 Å². The van der Waals surface area contributed by atoms with Crippen molar-refractivity contribution in [2.45, 2.75) is 45.2 Å². The van der Waals surface area contributed by atoms with Gasteiger partial charge < -0.3 is 15.3 Å².